The SMILES string of the molecule is COc1ccccc1-c1[nH]nc2ncc(-c3cccc([C@@H]4OCO[C@H]4C(C)C)c3)cc12. The summed E-state index contributed by atoms with van der Waals surface area (Å²) >= 11 is 0. The van der Waals surface area contributed by atoms with Crippen LogP contribution in [0.25, 0.3) is 33.4 Å². The van der Waals surface area contributed by atoms with Gasteiger partial charge < -0.3 is 14.2 Å². The fourth-order valence-electron chi connectivity index (χ4n) is 4.21. The second-order valence-electron chi connectivity index (χ2n) is 8.10. The highest BCUT2D eigenvalue weighted by Gasteiger charge is 2.33. The molecule has 6 heteroatoms. The number of hydrogen-bond acceptors (Lipinski definition) is 5. The highest BCUT2D eigenvalue weighted by molar-refractivity contribution is 5.94. The molecule has 158 valence electrons. The topological polar surface area (TPSA) is 69.3 Å². The molecule has 3 heterocycles. The van der Waals surface area contributed by atoms with E-state index >= 15 is 0 Å². The summed E-state index contributed by atoms with van der Waals surface area (Å²) in [6.07, 6.45) is 1.86. The number of aromatic nitrogens is 3. The number of nitrogens with one attached hydrogen (secondary N) is 1. The molecule has 0 bridgehead atoms. The van der Waals surface area contributed by atoms with E-state index in [1.807, 2.05) is 30.5 Å². The fourth-order valence-corrected chi connectivity index (χ4v) is 4.21. The van der Waals surface area contributed by atoms with Crippen molar-refractivity contribution in [2.24, 2.45) is 5.92 Å². The molecule has 6 nitrogen and oxygen atoms in total. The van der Waals surface area contributed by atoms with Crippen molar-refractivity contribution in [1.82, 2.24) is 15.2 Å². The van der Waals surface area contributed by atoms with Crippen LogP contribution in [0.3, 0.4) is 0 Å². The molecular weight excluding hydrogens is 390 g/mol. The molecule has 0 saturated carbocycles. The van der Waals surface area contributed by atoms with Crippen molar-refractivity contribution in [3.8, 4) is 28.1 Å². The Bertz CT molecular complexity index is 1220. The Balaban J connectivity index is 1.56. The predicted molar refractivity (Wildman–Crippen MR) is 120 cm³/mol. The number of rotatable bonds is 5. The van der Waals surface area contributed by atoms with E-state index in [0.29, 0.717) is 18.4 Å². The van der Waals surface area contributed by atoms with Crippen LogP contribution >= 0.6 is 0 Å². The Labute approximate surface area is 181 Å². The first-order valence-electron chi connectivity index (χ1n) is 10.5. The Morgan fingerprint density at radius 2 is 1.90 bits per heavy atom. The molecule has 5 rings (SSSR count). The number of nitrogens with zero attached hydrogens (tertiary/aromatic N) is 2. The van der Waals surface area contributed by atoms with E-state index in [4.69, 9.17) is 14.2 Å². The summed E-state index contributed by atoms with van der Waals surface area (Å²) in [6, 6.07) is 18.4. The maximum atomic E-state index is 5.90. The van der Waals surface area contributed by atoms with Crippen LogP contribution in [0, 0.1) is 5.92 Å². The number of pyridine rings is 1. The molecule has 1 saturated heterocycles. The lowest BCUT2D eigenvalue weighted by Gasteiger charge is -2.21. The number of ether oxygens (including phenoxy) is 3. The highest BCUT2D eigenvalue weighted by Crippen LogP contribution is 2.37. The van der Waals surface area contributed by atoms with Crippen molar-refractivity contribution in [2.45, 2.75) is 26.1 Å². The lowest BCUT2D eigenvalue weighted by molar-refractivity contribution is 0.0308. The van der Waals surface area contributed by atoms with Gasteiger partial charge in [-0.1, -0.05) is 44.2 Å². The number of para-hydroxylation sites is 1. The van der Waals surface area contributed by atoms with Gasteiger partial charge in [-0.05, 0) is 41.3 Å². The Hall–Kier alpha value is -3.22. The van der Waals surface area contributed by atoms with Crippen LogP contribution in [-0.2, 0) is 9.47 Å². The van der Waals surface area contributed by atoms with Crippen LogP contribution in [0.1, 0.15) is 25.5 Å². The molecule has 1 aliphatic heterocycles. The number of aromatic amines is 1. The molecule has 31 heavy (non-hydrogen) atoms. The van der Waals surface area contributed by atoms with Gasteiger partial charge in [-0.2, -0.15) is 5.10 Å². The molecule has 1 N–H and O–H groups in total. The standard InChI is InChI=1S/C25H25N3O3/c1-15(2)23-24(31-14-30-23)17-8-6-7-16(11-17)18-12-20-22(27-28-25(20)26-13-18)19-9-4-5-10-21(19)29-3/h4-13,15,23-24H,14H2,1-3H3,(H,26,27,28)/t23-,24-/m0/s1. The van der Waals surface area contributed by atoms with Crippen molar-refractivity contribution in [2.75, 3.05) is 13.9 Å². The number of fused-ring (bicyclic) bond motifs is 1. The average molecular weight is 415 g/mol. The monoisotopic (exact) mass is 415 g/mol. The van der Waals surface area contributed by atoms with Gasteiger partial charge in [0.2, 0.25) is 0 Å². The first-order valence-corrected chi connectivity index (χ1v) is 10.5. The third-order valence-electron chi connectivity index (χ3n) is 5.80. The second-order valence-corrected chi connectivity index (χ2v) is 8.10. The minimum absolute atomic E-state index is 0.0573. The van der Waals surface area contributed by atoms with E-state index in [0.717, 1.165) is 39.1 Å². The smallest absolute Gasteiger partial charge is 0.181 e. The minimum atomic E-state index is -0.0605. The van der Waals surface area contributed by atoms with E-state index in [1.54, 1.807) is 7.11 Å². The third kappa shape index (κ3) is 3.58. The zero-order valence-electron chi connectivity index (χ0n) is 17.8. The predicted octanol–water partition coefficient (Wildman–Crippen LogP) is 5.37. The highest BCUT2D eigenvalue weighted by atomic mass is 16.7. The Morgan fingerprint density at radius 1 is 1.03 bits per heavy atom. The van der Waals surface area contributed by atoms with Crippen LogP contribution in [0.2, 0.25) is 0 Å². The summed E-state index contributed by atoms with van der Waals surface area (Å²) in [5.41, 5.74) is 5.74. The molecule has 1 fully saturated rings. The molecule has 2 atom stereocenters. The average Bonchev–Trinajstić information content (AvgIpc) is 3.46. The summed E-state index contributed by atoms with van der Waals surface area (Å²) in [4.78, 5) is 4.59. The summed E-state index contributed by atoms with van der Waals surface area (Å²) in [5, 5.41) is 8.47. The quantitative estimate of drug-likeness (QED) is 0.474. The zero-order chi connectivity index (χ0) is 21.4. The number of H-pyrrole nitrogens is 1. The van der Waals surface area contributed by atoms with Crippen molar-refractivity contribution in [1.29, 1.82) is 0 Å². The molecular formula is C25H25N3O3. The van der Waals surface area contributed by atoms with Crippen molar-refractivity contribution in [3.63, 3.8) is 0 Å². The number of benzene rings is 2. The number of methoxy groups -OCH3 is 1. The van der Waals surface area contributed by atoms with Crippen LogP contribution in [0.4, 0.5) is 0 Å². The number of hydrogen-bond donors (Lipinski definition) is 1. The molecule has 2 aromatic carbocycles. The third-order valence-corrected chi connectivity index (χ3v) is 5.80. The summed E-state index contributed by atoms with van der Waals surface area (Å²) in [6.45, 7) is 4.65. The molecule has 0 spiro atoms. The molecule has 1 aliphatic rings. The first-order chi connectivity index (χ1) is 15.2. The molecule has 0 amide bonds. The maximum Gasteiger partial charge on any atom is 0.181 e. The molecule has 0 radical (unpaired) electrons. The van der Waals surface area contributed by atoms with E-state index in [2.05, 4.69) is 59.4 Å². The molecule has 0 aliphatic carbocycles. The van der Waals surface area contributed by atoms with Gasteiger partial charge in [0.05, 0.1) is 18.9 Å². The molecule has 4 aromatic rings. The fraction of sp³-hybridized carbons (Fsp3) is 0.280. The van der Waals surface area contributed by atoms with Gasteiger partial charge in [0.1, 0.15) is 18.6 Å². The summed E-state index contributed by atoms with van der Waals surface area (Å²) in [5.74, 6) is 1.17. The van der Waals surface area contributed by atoms with E-state index in [-0.39, 0.29) is 12.2 Å². The largest absolute Gasteiger partial charge is 0.496 e. The van der Waals surface area contributed by atoms with Gasteiger partial charge in [-0.25, -0.2) is 4.98 Å². The van der Waals surface area contributed by atoms with Gasteiger partial charge >= 0.3 is 0 Å². The van der Waals surface area contributed by atoms with Crippen molar-refractivity contribution < 1.29 is 14.2 Å². The van der Waals surface area contributed by atoms with E-state index < -0.39 is 0 Å². The van der Waals surface area contributed by atoms with Crippen LogP contribution < -0.4 is 4.74 Å². The van der Waals surface area contributed by atoms with E-state index in [1.165, 1.54) is 0 Å². The first kappa shape index (κ1) is 19.7. The van der Waals surface area contributed by atoms with Crippen molar-refractivity contribution >= 4 is 11.0 Å². The molecule has 2 aromatic heterocycles. The van der Waals surface area contributed by atoms with Crippen LogP contribution in [-0.4, -0.2) is 35.2 Å². The summed E-state index contributed by atoms with van der Waals surface area (Å²) in [7, 11) is 1.67. The van der Waals surface area contributed by atoms with Gasteiger partial charge in [0, 0.05) is 22.7 Å². The van der Waals surface area contributed by atoms with Gasteiger partial charge in [0.25, 0.3) is 0 Å². The van der Waals surface area contributed by atoms with Gasteiger partial charge in [-0.3, -0.25) is 5.10 Å². The maximum absolute atomic E-state index is 5.90. The normalized spacial score (nSPS) is 18.7. The lowest BCUT2D eigenvalue weighted by Crippen LogP contribution is -2.21. The van der Waals surface area contributed by atoms with Gasteiger partial charge in [0.15, 0.2) is 5.65 Å². The molecule has 0 unspecified atom stereocenters. The van der Waals surface area contributed by atoms with E-state index in [9.17, 15) is 0 Å². The van der Waals surface area contributed by atoms with Gasteiger partial charge in [-0.15, -0.1) is 0 Å². The lowest BCUT2D eigenvalue weighted by atomic mass is 9.94. The zero-order valence-corrected chi connectivity index (χ0v) is 17.8. The van der Waals surface area contributed by atoms with Crippen LogP contribution in [0.15, 0.2) is 60.8 Å². The Morgan fingerprint density at radius 3 is 2.74 bits per heavy atom. The van der Waals surface area contributed by atoms with Crippen LogP contribution in [0.5, 0.6) is 5.75 Å². The van der Waals surface area contributed by atoms with Crippen molar-refractivity contribution in [3.05, 3.63) is 66.4 Å². The second kappa shape index (κ2) is 8.13. The minimum Gasteiger partial charge on any atom is -0.496 e. The summed E-state index contributed by atoms with van der Waals surface area (Å²) < 4.78 is 17.2. The Kier molecular flexibility index (Phi) is 5.18.